The van der Waals surface area contributed by atoms with Gasteiger partial charge in [-0.05, 0) is 12.8 Å². The molecular weight excluding hydrogens is 456 g/mol. The van der Waals surface area contributed by atoms with Crippen molar-refractivity contribution >= 4 is 33.5 Å². The van der Waals surface area contributed by atoms with E-state index >= 15 is 0 Å². The van der Waals surface area contributed by atoms with E-state index in [9.17, 15) is 9.59 Å². The SMILES string of the molecule is CCCCCCCC(=O)OOc1c2ccccc2c(OOC(=O)CCCCCCC)c2ccccc12. The number of benzene rings is 3. The van der Waals surface area contributed by atoms with E-state index in [-0.39, 0.29) is 0 Å². The number of hydrogen-bond acceptors (Lipinski definition) is 6. The minimum absolute atomic E-state index is 0.315. The molecule has 0 heterocycles. The molecule has 0 bridgehead atoms. The summed E-state index contributed by atoms with van der Waals surface area (Å²) in [7, 11) is 0. The lowest BCUT2D eigenvalue weighted by molar-refractivity contribution is -0.214. The summed E-state index contributed by atoms with van der Waals surface area (Å²) in [6.45, 7) is 4.32. The third-order valence-corrected chi connectivity index (χ3v) is 6.24. The smallest absolute Gasteiger partial charge is 0.286 e. The zero-order valence-corrected chi connectivity index (χ0v) is 21.6. The van der Waals surface area contributed by atoms with Gasteiger partial charge in [-0.25, -0.2) is 9.59 Å². The Labute approximate surface area is 213 Å². The molecule has 0 saturated heterocycles. The van der Waals surface area contributed by atoms with Gasteiger partial charge in [0.2, 0.25) is 0 Å². The fourth-order valence-corrected chi connectivity index (χ4v) is 4.23. The Morgan fingerprint density at radius 1 is 0.528 bits per heavy atom. The van der Waals surface area contributed by atoms with Crippen molar-refractivity contribution in [1.29, 1.82) is 0 Å². The van der Waals surface area contributed by atoms with Crippen molar-refractivity contribution in [2.75, 3.05) is 0 Å². The number of carbonyl (C=O) groups is 2. The lowest BCUT2D eigenvalue weighted by Crippen LogP contribution is -2.10. The normalized spacial score (nSPS) is 10.9. The number of carbonyl (C=O) groups excluding carboxylic acids is 2. The monoisotopic (exact) mass is 494 g/mol. The maximum atomic E-state index is 12.3. The van der Waals surface area contributed by atoms with Crippen LogP contribution in [-0.4, -0.2) is 11.9 Å². The molecule has 3 aromatic carbocycles. The van der Waals surface area contributed by atoms with Gasteiger partial charge < -0.3 is 0 Å². The highest BCUT2D eigenvalue weighted by Gasteiger charge is 2.20. The van der Waals surface area contributed by atoms with Crippen molar-refractivity contribution in [2.24, 2.45) is 0 Å². The molecule has 194 valence electrons. The summed E-state index contributed by atoms with van der Waals surface area (Å²) in [6.07, 6.45) is 11.1. The van der Waals surface area contributed by atoms with Gasteiger partial charge in [-0.2, -0.15) is 0 Å². The molecule has 0 aromatic heterocycles. The number of rotatable bonds is 16. The molecular formula is C30H38O6. The third kappa shape index (κ3) is 7.87. The second-order valence-electron chi connectivity index (χ2n) is 9.16. The van der Waals surface area contributed by atoms with E-state index in [2.05, 4.69) is 13.8 Å². The lowest BCUT2D eigenvalue weighted by atomic mass is 10.0. The molecule has 6 heteroatoms. The number of fused-ring (bicyclic) bond motifs is 2. The standard InChI is InChI=1S/C30H38O6/c1-3-5-7-9-11-21-27(31)33-35-29-23-17-13-15-19-25(23)30(26-20-16-14-18-24(26)29)36-34-28(32)22-12-10-8-6-4-2/h13-20H,3-12,21-22H2,1-2H3. The Morgan fingerprint density at radius 2 is 0.861 bits per heavy atom. The van der Waals surface area contributed by atoms with Crippen LogP contribution in [0.5, 0.6) is 11.5 Å². The Balaban J connectivity index is 1.73. The topological polar surface area (TPSA) is 71.1 Å². The van der Waals surface area contributed by atoms with E-state index in [4.69, 9.17) is 19.6 Å². The van der Waals surface area contributed by atoms with Crippen LogP contribution in [0.2, 0.25) is 0 Å². The average molecular weight is 495 g/mol. The average Bonchev–Trinajstić information content (AvgIpc) is 2.90. The Kier molecular flexibility index (Phi) is 11.4. The van der Waals surface area contributed by atoms with Crippen LogP contribution >= 0.6 is 0 Å². The molecule has 0 saturated carbocycles. The zero-order valence-electron chi connectivity index (χ0n) is 21.6. The summed E-state index contributed by atoms with van der Waals surface area (Å²) in [5, 5.41) is 2.77. The highest BCUT2D eigenvalue weighted by molar-refractivity contribution is 6.11. The van der Waals surface area contributed by atoms with Gasteiger partial charge in [0.05, 0.1) is 12.8 Å². The molecule has 0 fully saturated rings. The van der Waals surface area contributed by atoms with Crippen LogP contribution in [0.3, 0.4) is 0 Å². The Hall–Kier alpha value is -3.28. The summed E-state index contributed by atoms with van der Waals surface area (Å²) in [6, 6.07) is 14.9. The van der Waals surface area contributed by atoms with Crippen molar-refractivity contribution in [3.05, 3.63) is 48.5 Å². The van der Waals surface area contributed by atoms with Gasteiger partial charge in [-0.3, -0.25) is 19.6 Å². The van der Waals surface area contributed by atoms with Crippen molar-refractivity contribution in [1.82, 2.24) is 0 Å². The fraction of sp³-hybridized carbons (Fsp3) is 0.467. The first-order chi connectivity index (χ1) is 17.7. The van der Waals surface area contributed by atoms with Gasteiger partial charge in [-0.15, -0.1) is 0 Å². The summed E-state index contributed by atoms with van der Waals surface area (Å²) in [4.78, 5) is 46.2. The molecule has 0 aliphatic carbocycles. The Bertz CT molecular complexity index is 978. The van der Waals surface area contributed by atoms with Crippen molar-refractivity contribution in [3.63, 3.8) is 0 Å². The summed E-state index contributed by atoms with van der Waals surface area (Å²) < 4.78 is 0. The summed E-state index contributed by atoms with van der Waals surface area (Å²) >= 11 is 0. The molecule has 6 nitrogen and oxygen atoms in total. The van der Waals surface area contributed by atoms with E-state index in [0.717, 1.165) is 51.4 Å². The second-order valence-corrected chi connectivity index (χ2v) is 9.16. The lowest BCUT2D eigenvalue weighted by Gasteiger charge is -2.15. The van der Waals surface area contributed by atoms with Crippen LogP contribution in [0.25, 0.3) is 21.5 Å². The van der Waals surface area contributed by atoms with Crippen LogP contribution in [-0.2, 0) is 19.4 Å². The number of unbranched alkanes of at least 4 members (excludes halogenated alkanes) is 8. The van der Waals surface area contributed by atoms with E-state index in [1.165, 1.54) is 12.8 Å². The molecule has 0 radical (unpaired) electrons. The predicted octanol–water partition coefficient (Wildman–Crippen LogP) is 8.39. The van der Waals surface area contributed by atoms with Crippen LogP contribution in [0.4, 0.5) is 0 Å². The first-order valence-electron chi connectivity index (χ1n) is 13.3. The third-order valence-electron chi connectivity index (χ3n) is 6.24. The highest BCUT2D eigenvalue weighted by atomic mass is 17.2. The van der Waals surface area contributed by atoms with Crippen LogP contribution in [0, 0.1) is 0 Å². The first kappa shape index (κ1) is 27.3. The molecule has 0 spiro atoms. The predicted molar refractivity (Wildman–Crippen MR) is 142 cm³/mol. The van der Waals surface area contributed by atoms with Gasteiger partial charge in [0.15, 0.2) is 11.5 Å². The van der Waals surface area contributed by atoms with E-state index in [0.29, 0.717) is 45.9 Å². The van der Waals surface area contributed by atoms with Crippen molar-refractivity contribution in [2.45, 2.75) is 90.9 Å². The molecule has 36 heavy (non-hydrogen) atoms. The molecule has 0 atom stereocenters. The molecule has 0 aliphatic heterocycles. The maximum Gasteiger partial charge on any atom is 0.355 e. The first-order valence-corrected chi connectivity index (χ1v) is 13.3. The van der Waals surface area contributed by atoms with Gasteiger partial charge >= 0.3 is 11.9 Å². The fourth-order valence-electron chi connectivity index (χ4n) is 4.23. The number of hydrogen-bond donors (Lipinski definition) is 0. The molecule has 3 rings (SSSR count). The maximum absolute atomic E-state index is 12.3. The quantitative estimate of drug-likeness (QED) is 0.0862. The summed E-state index contributed by atoms with van der Waals surface area (Å²) in [5.41, 5.74) is 0. The highest BCUT2D eigenvalue weighted by Crippen LogP contribution is 2.42. The minimum atomic E-state index is -0.396. The van der Waals surface area contributed by atoms with E-state index in [1.54, 1.807) is 0 Å². The van der Waals surface area contributed by atoms with Crippen molar-refractivity contribution < 1.29 is 29.1 Å². The van der Waals surface area contributed by atoms with Crippen molar-refractivity contribution in [3.8, 4) is 11.5 Å². The molecule has 3 aromatic rings. The second kappa shape index (κ2) is 15.0. The van der Waals surface area contributed by atoms with Gasteiger partial charge in [0.1, 0.15) is 0 Å². The molecule has 0 aliphatic rings. The largest absolute Gasteiger partial charge is 0.355 e. The molecule has 0 amide bonds. The van der Waals surface area contributed by atoms with E-state index < -0.39 is 11.9 Å². The van der Waals surface area contributed by atoms with Crippen LogP contribution in [0.1, 0.15) is 90.9 Å². The van der Waals surface area contributed by atoms with Crippen LogP contribution in [0.15, 0.2) is 48.5 Å². The van der Waals surface area contributed by atoms with Gasteiger partial charge in [0, 0.05) is 21.5 Å². The van der Waals surface area contributed by atoms with Crippen LogP contribution < -0.4 is 9.78 Å². The van der Waals surface area contributed by atoms with E-state index in [1.807, 2.05) is 48.5 Å². The minimum Gasteiger partial charge on any atom is -0.286 e. The molecule has 0 unspecified atom stereocenters. The Morgan fingerprint density at radius 3 is 1.19 bits per heavy atom. The van der Waals surface area contributed by atoms with Gasteiger partial charge in [-0.1, -0.05) is 114 Å². The summed E-state index contributed by atoms with van der Waals surface area (Å²) in [5.74, 6) is 0.0611. The zero-order chi connectivity index (χ0) is 25.6. The molecule has 0 N–H and O–H groups in total. The van der Waals surface area contributed by atoms with Gasteiger partial charge in [0.25, 0.3) is 0 Å².